The minimum absolute atomic E-state index is 0.0247. The first-order valence-electron chi connectivity index (χ1n) is 12.4. The van der Waals surface area contributed by atoms with Gasteiger partial charge in [-0.15, -0.1) is 0 Å². The average molecular weight is 488 g/mol. The van der Waals surface area contributed by atoms with Crippen LogP contribution in [0.2, 0.25) is 5.02 Å². The van der Waals surface area contributed by atoms with Crippen LogP contribution in [0.1, 0.15) is 80.9 Å². The molecule has 2 amide bonds. The van der Waals surface area contributed by atoms with Gasteiger partial charge in [0.2, 0.25) is 0 Å². The first-order valence-corrected chi connectivity index (χ1v) is 12.8. The summed E-state index contributed by atoms with van der Waals surface area (Å²) in [5.41, 5.74) is 5.47. The Kier molecular flexibility index (Phi) is 6.87. The number of carbonyl (C=O) groups is 2. The van der Waals surface area contributed by atoms with Crippen molar-refractivity contribution in [2.24, 2.45) is 0 Å². The molecule has 2 heterocycles. The average Bonchev–Trinajstić information content (AvgIpc) is 2.89. The van der Waals surface area contributed by atoms with Gasteiger partial charge < -0.3 is 10.2 Å². The number of fused-ring (bicyclic) bond motifs is 1. The van der Waals surface area contributed by atoms with Crippen LogP contribution in [0.25, 0.3) is 0 Å². The van der Waals surface area contributed by atoms with E-state index in [0.29, 0.717) is 29.2 Å². The fourth-order valence-corrected chi connectivity index (χ4v) is 5.60. The zero-order valence-corrected chi connectivity index (χ0v) is 20.7. The van der Waals surface area contributed by atoms with Gasteiger partial charge in [0.05, 0.1) is 27.9 Å². The van der Waals surface area contributed by atoms with Crippen LogP contribution in [-0.2, 0) is 6.42 Å². The van der Waals surface area contributed by atoms with E-state index in [1.807, 2.05) is 42.2 Å². The monoisotopic (exact) mass is 487 g/mol. The second-order valence-electron chi connectivity index (χ2n) is 9.55. The van der Waals surface area contributed by atoms with Crippen molar-refractivity contribution in [2.45, 2.75) is 51.0 Å². The zero-order chi connectivity index (χ0) is 24.4. The Labute approximate surface area is 211 Å². The lowest BCUT2D eigenvalue weighted by Gasteiger charge is -2.33. The van der Waals surface area contributed by atoms with Crippen LogP contribution in [0, 0.1) is 6.92 Å². The maximum Gasteiger partial charge on any atom is 0.255 e. The molecular formula is C29H30ClN3O2. The topological polar surface area (TPSA) is 62.3 Å². The first kappa shape index (κ1) is 23.6. The molecule has 3 aromatic rings. The minimum Gasteiger partial charge on any atom is -0.345 e. The predicted octanol–water partition coefficient (Wildman–Crippen LogP) is 5.87. The van der Waals surface area contributed by atoms with E-state index in [9.17, 15) is 9.59 Å². The molecule has 1 aliphatic carbocycles. The normalized spacial score (nSPS) is 18.1. The maximum absolute atomic E-state index is 13.5. The van der Waals surface area contributed by atoms with E-state index >= 15 is 0 Å². The lowest BCUT2D eigenvalue weighted by atomic mass is 9.87. The van der Waals surface area contributed by atoms with Crippen molar-refractivity contribution in [3.05, 3.63) is 99.3 Å². The van der Waals surface area contributed by atoms with E-state index < -0.39 is 0 Å². The number of carbonyl (C=O) groups excluding carboxylic acids is 2. The number of aryl methyl sites for hydroxylation is 2. The summed E-state index contributed by atoms with van der Waals surface area (Å²) in [7, 11) is 0. The molecule has 1 unspecified atom stereocenters. The number of rotatable bonds is 4. The summed E-state index contributed by atoms with van der Waals surface area (Å²) in [4.78, 5) is 33.1. The molecule has 1 aromatic heterocycles. The van der Waals surface area contributed by atoms with Gasteiger partial charge in [0, 0.05) is 24.7 Å². The van der Waals surface area contributed by atoms with E-state index in [1.165, 1.54) is 11.1 Å². The van der Waals surface area contributed by atoms with Crippen LogP contribution in [0.15, 0.2) is 60.7 Å². The highest BCUT2D eigenvalue weighted by Crippen LogP contribution is 2.33. The zero-order valence-electron chi connectivity index (χ0n) is 20.0. The largest absolute Gasteiger partial charge is 0.345 e. The molecule has 0 saturated carbocycles. The molecule has 5 rings (SSSR count). The summed E-state index contributed by atoms with van der Waals surface area (Å²) < 4.78 is 0. The number of nitrogens with zero attached hydrogens (tertiary/aromatic N) is 2. The molecular weight excluding hydrogens is 458 g/mol. The standard InChI is InChI=1S/C29H30ClN3O2/c1-19-13-14-24(28(34)32-26-12-6-8-20-7-2-3-9-22(20)26)27(31-19)21-15-17-33(18-16-21)29(35)23-10-4-5-11-25(23)30/h2-5,7,9-11,13-14,21,26H,6,8,12,15-18H2,1H3,(H,32,34). The molecule has 1 N–H and O–H groups in total. The van der Waals surface area contributed by atoms with Crippen LogP contribution >= 0.6 is 11.6 Å². The van der Waals surface area contributed by atoms with Crippen molar-refractivity contribution in [3.63, 3.8) is 0 Å². The number of nitrogens with one attached hydrogen (secondary N) is 1. The second kappa shape index (κ2) is 10.2. The van der Waals surface area contributed by atoms with Gasteiger partial charge in [-0.2, -0.15) is 0 Å². The van der Waals surface area contributed by atoms with E-state index in [-0.39, 0.29) is 23.8 Å². The van der Waals surface area contributed by atoms with Crippen molar-refractivity contribution in [2.75, 3.05) is 13.1 Å². The SMILES string of the molecule is Cc1ccc(C(=O)NC2CCCc3ccccc32)c(C2CCN(C(=O)c3ccccc3Cl)CC2)n1. The maximum atomic E-state index is 13.5. The molecule has 0 radical (unpaired) electrons. The summed E-state index contributed by atoms with van der Waals surface area (Å²) in [6.45, 7) is 3.18. The van der Waals surface area contributed by atoms with E-state index in [1.54, 1.807) is 12.1 Å². The lowest BCUT2D eigenvalue weighted by molar-refractivity contribution is 0.0710. The number of piperidine rings is 1. The van der Waals surface area contributed by atoms with Crippen LogP contribution in [-0.4, -0.2) is 34.8 Å². The lowest BCUT2D eigenvalue weighted by Crippen LogP contribution is -2.39. The van der Waals surface area contributed by atoms with Gasteiger partial charge >= 0.3 is 0 Å². The highest BCUT2D eigenvalue weighted by atomic mass is 35.5. The third-order valence-corrected chi connectivity index (χ3v) is 7.59. The minimum atomic E-state index is -0.0659. The molecule has 35 heavy (non-hydrogen) atoms. The van der Waals surface area contributed by atoms with Crippen molar-refractivity contribution in [1.82, 2.24) is 15.2 Å². The number of likely N-dealkylation sites (tertiary alicyclic amines) is 1. The van der Waals surface area contributed by atoms with Gasteiger partial charge in [0.25, 0.3) is 11.8 Å². The number of benzene rings is 2. The molecule has 180 valence electrons. The molecule has 6 heteroatoms. The van der Waals surface area contributed by atoms with Crippen molar-refractivity contribution < 1.29 is 9.59 Å². The van der Waals surface area contributed by atoms with Crippen molar-refractivity contribution >= 4 is 23.4 Å². The van der Waals surface area contributed by atoms with Gasteiger partial charge in [-0.25, -0.2) is 0 Å². The molecule has 2 aromatic carbocycles. The molecule has 1 fully saturated rings. The Morgan fingerprint density at radius 2 is 1.69 bits per heavy atom. The summed E-state index contributed by atoms with van der Waals surface area (Å²) in [6.07, 6.45) is 4.60. The number of amides is 2. The quantitative estimate of drug-likeness (QED) is 0.500. The van der Waals surface area contributed by atoms with Gasteiger partial charge in [-0.05, 0) is 74.4 Å². The first-order chi connectivity index (χ1) is 17.0. The van der Waals surface area contributed by atoms with Crippen LogP contribution in [0.4, 0.5) is 0 Å². The van der Waals surface area contributed by atoms with Crippen LogP contribution in [0.5, 0.6) is 0 Å². The molecule has 0 bridgehead atoms. The van der Waals surface area contributed by atoms with Gasteiger partial charge in [-0.1, -0.05) is 48.0 Å². The Morgan fingerprint density at radius 3 is 2.49 bits per heavy atom. The van der Waals surface area contributed by atoms with Gasteiger partial charge in [0.15, 0.2) is 0 Å². The van der Waals surface area contributed by atoms with Crippen molar-refractivity contribution in [3.8, 4) is 0 Å². The summed E-state index contributed by atoms with van der Waals surface area (Å²) in [5.74, 6) is 0.0218. The Hall–Kier alpha value is -3.18. The fraction of sp³-hybridized carbons (Fsp3) is 0.345. The molecule has 0 spiro atoms. The van der Waals surface area contributed by atoms with Gasteiger partial charge in [-0.3, -0.25) is 14.6 Å². The third kappa shape index (κ3) is 4.96. The Balaban J connectivity index is 1.31. The molecule has 1 saturated heterocycles. The van der Waals surface area contributed by atoms with Crippen LogP contribution in [0.3, 0.4) is 0 Å². The van der Waals surface area contributed by atoms with E-state index in [2.05, 4.69) is 23.5 Å². The van der Waals surface area contributed by atoms with E-state index in [0.717, 1.165) is 43.5 Å². The number of pyridine rings is 1. The number of hydrogen-bond acceptors (Lipinski definition) is 3. The second-order valence-corrected chi connectivity index (χ2v) is 9.96. The third-order valence-electron chi connectivity index (χ3n) is 7.26. The molecule has 1 atom stereocenters. The highest BCUT2D eigenvalue weighted by Gasteiger charge is 2.30. The predicted molar refractivity (Wildman–Crippen MR) is 138 cm³/mol. The van der Waals surface area contributed by atoms with Crippen LogP contribution < -0.4 is 5.32 Å². The number of aromatic nitrogens is 1. The fourth-order valence-electron chi connectivity index (χ4n) is 5.38. The Bertz CT molecular complexity index is 1250. The van der Waals surface area contributed by atoms with E-state index in [4.69, 9.17) is 16.6 Å². The molecule has 1 aliphatic heterocycles. The summed E-state index contributed by atoms with van der Waals surface area (Å²) in [5, 5.41) is 3.76. The highest BCUT2D eigenvalue weighted by molar-refractivity contribution is 6.33. The smallest absolute Gasteiger partial charge is 0.255 e. The summed E-state index contributed by atoms with van der Waals surface area (Å²) >= 11 is 6.25. The van der Waals surface area contributed by atoms with Crippen molar-refractivity contribution in [1.29, 1.82) is 0 Å². The van der Waals surface area contributed by atoms with Gasteiger partial charge in [0.1, 0.15) is 0 Å². The number of hydrogen-bond donors (Lipinski definition) is 1. The molecule has 5 nitrogen and oxygen atoms in total. The number of halogens is 1. The molecule has 2 aliphatic rings. The summed E-state index contributed by atoms with van der Waals surface area (Å²) in [6, 6.07) is 19.4. The Morgan fingerprint density at radius 1 is 0.943 bits per heavy atom.